The average Bonchev–Trinajstić information content (AvgIpc) is 2.48. The number of rotatable bonds is 5. The summed E-state index contributed by atoms with van der Waals surface area (Å²) in [6.07, 6.45) is 0. The van der Waals surface area contributed by atoms with Gasteiger partial charge in [-0.15, -0.1) is 0 Å². The average molecular weight is 288 g/mol. The summed E-state index contributed by atoms with van der Waals surface area (Å²) in [5.41, 5.74) is 1.97. The monoisotopic (exact) mass is 288 g/mol. The first kappa shape index (κ1) is 14.8. The Hall–Kier alpha value is -2.56. The van der Waals surface area contributed by atoms with Gasteiger partial charge in [0.1, 0.15) is 11.6 Å². The zero-order valence-corrected chi connectivity index (χ0v) is 11.9. The van der Waals surface area contributed by atoms with Crippen molar-refractivity contribution in [3.8, 4) is 5.75 Å². The van der Waals surface area contributed by atoms with E-state index in [1.807, 2.05) is 24.3 Å². The molecule has 0 unspecified atom stereocenters. The van der Waals surface area contributed by atoms with Crippen LogP contribution in [0, 0.1) is 5.82 Å². The number of amides is 1. The van der Waals surface area contributed by atoms with Gasteiger partial charge < -0.3 is 15.4 Å². The van der Waals surface area contributed by atoms with Crippen LogP contribution < -0.4 is 15.4 Å². The van der Waals surface area contributed by atoms with Gasteiger partial charge in [-0.1, -0.05) is 12.1 Å². The number of ether oxygens (including phenoxy) is 1. The van der Waals surface area contributed by atoms with Crippen molar-refractivity contribution in [2.45, 2.75) is 13.5 Å². The van der Waals surface area contributed by atoms with Crippen molar-refractivity contribution in [2.24, 2.45) is 0 Å². The normalized spacial score (nSPS) is 10.0. The zero-order chi connectivity index (χ0) is 15.2. The molecule has 2 N–H and O–H groups in total. The second-order valence-electron chi connectivity index (χ2n) is 4.58. The van der Waals surface area contributed by atoms with E-state index in [4.69, 9.17) is 4.74 Å². The van der Waals surface area contributed by atoms with Crippen molar-refractivity contribution in [3.63, 3.8) is 0 Å². The molecule has 0 heterocycles. The van der Waals surface area contributed by atoms with Crippen LogP contribution in [0.4, 0.5) is 15.8 Å². The molecule has 2 aromatic rings. The third-order valence-corrected chi connectivity index (χ3v) is 2.93. The number of carbonyl (C=O) groups is 1. The van der Waals surface area contributed by atoms with Crippen LogP contribution >= 0.6 is 0 Å². The lowest BCUT2D eigenvalue weighted by Gasteiger charge is -2.10. The Balaban J connectivity index is 2.03. The molecule has 0 aliphatic rings. The van der Waals surface area contributed by atoms with Crippen molar-refractivity contribution in [1.82, 2.24) is 0 Å². The van der Waals surface area contributed by atoms with Crippen LogP contribution in [0.15, 0.2) is 42.5 Å². The van der Waals surface area contributed by atoms with E-state index in [9.17, 15) is 9.18 Å². The van der Waals surface area contributed by atoms with E-state index in [0.29, 0.717) is 6.54 Å². The summed E-state index contributed by atoms with van der Waals surface area (Å²) in [4.78, 5) is 11.0. The topological polar surface area (TPSA) is 50.4 Å². The summed E-state index contributed by atoms with van der Waals surface area (Å²) in [5.74, 6) is 0.0369. The molecule has 0 saturated carbocycles. The van der Waals surface area contributed by atoms with Gasteiger partial charge in [-0.3, -0.25) is 4.79 Å². The first-order valence-electron chi connectivity index (χ1n) is 6.52. The molecule has 0 fully saturated rings. The van der Waals surface area contributed by atoms with Gasteiger partial charge in [0.25, 0.3) is 0 Å². The molecule has 0 bridgehead atoms. The first-order valence-corrected chi connectivity index (χ1v) is 6.52. The molecule has 0 aliphatic heterocycles. The Morgan fingerprint density at radius 1 is 1.19 bits per heavy atom. The molecule has 1 amide bonds. The van der Waals surface area contributed by atoms with Gasteiger partial charge in [-0.25, -0.2) is 4.39 Å². The maximum absolute atomic E-state index is 13.5. The molecule has 21 heavy (non-hydrogen) atoms. The highest BCUT2D eigenvalue weighted by molar-refractivity contribution is 5.89. The van der Waals surface area contributed by atoms with Crippen molar-refractivity contribution >= 4 is 17.3 Å². The number of benzene rings is 2. The zero-order valence-electron chi connectivity index (χ0n) is 11.9. The minimum atomic E-state index is -0.458. The van der Waals surface area contributed by atoms with Gasteiger partial charge in [0.2, 0.25) is 5.91 Å². The van der Waals surface area contributed by atoms with Crippen LogP contribution in [0.5, 0.6) is 5.75 Å². The highest BCUT2D eigenvalue weighted by Gasteiger charge is 2.05. The lowest BCUT2D eigenvalue weighted by atomic mass is 10.2. The summed E-state index contributed by atoms with van der Waals surface area (Å²) < 4.78 is 18.6. The molecule has 2 aromatic carbocycles. The molecular weight excluding hydrogens is 271 g/mol. The quantitative estimate of drug-likeness (QED) is 0.886. The predicted molar refractivity (Wildman–Crippen MR) is 81.0 cm³/mol. The van der Waals surface area contributed by atoms with Crippen LogP contribution in [-0.2, 0) is 11.3 Å². The number of nitrogens with one attached hydrogen (secondary N) is 2. The fourth-order valence-corrected chi connectivity index (χ4v) is 1.87. The van der Waals surface area contributed by atoms with Gasteiger partial charge in [0.05, 0.1) is 12.8 Å². The minimum Gasteiger partial charge on any atom is -0.497 e. The van der Waals surface area contributed by atoms with E-state index in [1.165, 1.54) is 13.0 Å². The highest BCUT2D eigenvalue weighted by atomic mass is 19.1. The van der Waals surface area contributed by atoms with E-state index >= 15 is 0 Å². The molecular formula is C16H17FN2O2. The van der Waals surface area contributed by atoms with Crippen molar-refractivity contribution < 1.29 is 13.9 Å². The Bertz CT molecular complexity index is 627. The van der Waals surface area contributed by atoms with Crippen LogP contribution in [0.3, 0.4) is 0 Å². The summed E-state index contributed by atoms with van der Waals surface area (Å²) in [7, 11) is 1.62. The molecule has 5 heteroatoms. The lowest BCUT2D eigenvalue weighted by molar-refractivity contribution is -0.114. The number of methoxy groups -OCH3 is 1. The lowest BCUT2D eigenvalue weighted by Crippen LogP contribution is -2.08. The number of hydrogen-bond donors (Lipinski definition) is 2. The van der Waals surface area contributed by atoms with Crippen LogP contribution in [0.25, 0.3) is 0 Å². The van der Waals surface area contributed by atoms with E-state index in [2.05, 4.69) is 10.6 Å². The van der Waals surface area contributed by atoms with Gasteiger partial charge in [0.15, 0.2) is 0 Å². The second-order valence-corrected chi connectivity index (χ2v) is 4.58. The molecule has 0 aromatic heterocycles. The SMILES string of the molecule is COc1ccc(CNc2ccc(F)c(NC(C)=O)c2)cc1. The van der Waals surface area contributed by atoms with Gasteiger partial charge >= 0.3 is 0 Å². The molecule has 110 valence electrons. The molecule has 0 atom stereocenters. The molecule has 0 saturated heterocycles. The number of anilines is 2. The fourth-order valence-electron chi connectivity index (χ4n) is 1.87. The van der Waals surface area contributed by atoms with Gasteiger partial charge in [-0.05, 0) is 35.9 Å². The standard InChI is InChI=1S/C16H17FN2O2/c1-11(20)19-16-9-13(5-8-15(16)17)18-10-12-3-6-14(21-2)7-4-12/h3-9,18H,10H2,1-2H3,(H,19,20). The first-order chi connectivity index (χ1) is 10.1. The number of carbonyl (C=O) groups excluding carboxylic acids is 1. The Morgan fingerprint density at radius 3 is 2.52 bits per heavy atom. The summed E-state index contributed by atoms with van der Waals surface area (Å²) >= 11 is 0. The maximum Gasteiger partial charge on any atom is 0.221 e. The third-order valence-electron chi connectivity index (χ3n) is 2.93. The van der Waals surface area contributed by atoms with Gasteiger partial charge in [-0.2, -0.15) is 0 Å². The number of halogens is 1. The maximum atomic E-state index is 13.5. The molecule has 4 nitrogen and oxygen atoms in total. The smallest absolute Gasteiger partial charge is 0.221 e. The number of hydrogen-bond acceptors (Lipinski definition) is 3. The van der Waals surface area contributed by atoms with Crippen molar-refractivity contribution in [1.29, 1.82) is 0 Å². The second kappa shape index (κ2) is 6.74. The Morgan fingerprint density at radius 2 is 1.90 bits per heavy atom. The predicted octanol–water partition coefficient (Wildman–Crippen LogP) is 3.40. The molecule has 0 spiro atoms. The third kappa shape index (κ3) is 4.21. The van der Waals surface area contributed by atoms with Crippen LogP contribution in [0.2, 0.25) is 0 Å². The minimum absolute atomic E-state index is 0.169. The van der Waals surface area contributed by atoms with E-state index < -0.39 is 5.82 Å². The molecule has 2 rings (SSSR count). The summed E-state index contributed by atoms with van der Waals surface area (Å²) in [6.45, 7) is 1.94. The molecule has 0 radical (unpaired) electrons. The van der Waals surface area contributed by atoms with Crippen LogP contribution in [0.1, 0.15) is 12.5 Å². The molecule has 0 aliphatic carbocycles. The Kier molecular flexibility index (Phi) is 4.77. The van der Waals surface area contributed by atoms with Crippen molar-refractivity contribution in [3.05, 3.63) is 53.8 Å². The van der Waals surface area contributed by atoms with Crippen LogP contribution in [-0.4, -0.2) is 13.0 Å². The fraction of sp³-hybridized carbons (Fsp3) is 0.188. The highest BCUT2D eigenvalue weighted by Crippen LogP contribution is 2.20. The van der Waals surface area contributed by atoms with E-state index in [1.54, 1.807) is 19.2 Å². The van der Waals surface area contributed by atoms with Gasteiger partial charge in [0, 0.05) is 19.2 Å². The summed E-state index contributed by atoms with van der Waals surface area (Å²) in [6, 6.07) is 12.2. The largest absolute Gasteiger partial charge is 0.497 e. The van der Waals surface area contributed by atoms with E-state index in [0.717, 1.165) is 17.0 Å². The van der Waals surface area contributed by atoms with E-state index in [-0.39, 0.29) is 11.6 Å². The summed E-state index contributed by atoms with van der Waals surface area (Å²) in [5, 5.41) is 5.64. The van der Waals surface area contributed by atoms with Crippen molar-refractivity contribution in [2.75, 3.05) is 17.7 Å². The Labute approximate surface area is 122 Å².